The Morgan fingerprint density at radius 1 is 1.21 bits per heavy atom. The van der Waals surface area contributed by atoms with E-state index in [1.807, 2.05) is 32.9 Å². The fraction of sp³-hybridized carbons (Fsp3) is 0.520. The van der Waals surface area contributed by atoms with Crippen LogP contribution in [0.25, 0.3) is 10.9 Å². The molecule has 3 atom stereocenters. The highest BCUT2D eigenvalue weighted by Gasteiger charge is 2.33. The Labute approximate surface area is 199 Å². The van der Waals surface area contributed by atoms with E-state index in [4.69, 9.17) is 10.5 Å². The van der Waals surface area contributed by atoms with Crippen LogP contribution in [-0.4, -0.2) is 47.7 Å². The zero-order valence-electron chi connectivity index (χ0n) is 20.2. The van der Waals surface area contributed by atoms with Crippen LogP contribution < -0.4 is 21.1 Å². The Morgan fingerprint density at radius 3 is 2.53 bits per heavy atom. The number of H-pyrrole nitrogens is 1. The lowest BCUT2D eigenvalue weighted by atomic mass is 9.87. The van der Waals surface area contributed by atoms with Gasteiger partial charge in [-0.3, -0.25) is 19.2 Å². The molecule has 184 valence electrons. The van der Waals surface area contributed by atoms with Crippen molar-refractivity contribution >= 4 is 34.4 Å². The number of rotatable bonds is 9. The molecule has 1 saturated carbocycles. The molecule has 5 N–H and O–H groups in total. The lowest BCUT2D eigenvalue weighted by Crippen LogP contribution is -2.54. The van der Waals surface area contributed by atoms with Gasteiger partial charge in [0.05, 0.1) is 7.11 Å². The quantitative estimate of drug-likeness (QED) is 0.445. The minimum atomic E-state index is -0.976. The van der Waals surface area contributed by atoms with Crippen LogP contribution in [0.15, 0.2) is 24.3 Å². The van der Waals surface area contributed by atoms with Gasteiger partial charge < -0.3 is 26.1 Å². The summed E-state index contributed by atoms with van der Waals surface area (Å²) in [6.07, 6.45) is 2.47. The van der Waals surface area contributed by atoms with E-state index in [1.54, 1.807) is 19.2 Å². The predicted octanol–water partition coefficient (Wildman–Crippen LogP) is 2.44. The lowest BCUT2D eigenvalue weighted by molar-refractivity contribution is -0.130. The molecule has 0 radical (unpaired) electrons. The standard InChI is InChI=1S/C25H34N4O5/c1-25(2,3)13-19(24(33)28-17(22(26)31)11-14-7-5-9-20(14)30)29-23(32)18-12-15-16(27-18)8-6-10-21(15)34-4/h6,8,10,12,14,17,19,27H,5,7,9,11,13H2,1-4H3,(H2,26,31)(H,28,33)(H,29,32)/t14-,17-,19-/m0/s1. The molecule has 1 aromatic heterocycles. The largest absolute Gasteiger partial charge is 0.496 e. The molecule has 0 bridgehead atoms. The minimum absolute atomic E-state index is 0.0919. The van der Waals surface area contributed by atoms with E-state index in [2.05, 4.69) is 15.6 Å². The van der Waals surface area contributed by atoms with Crippen molar-refractivity contribution in [1.29, 1.82) is 0 Å². The second kappa shape index (κ2) is 10.3. The van der Waals surface area contributed by atoms with Crippen LogP contribution in [0.2, 0.25) is 0 Å². The number of aromatic nitrogens is 1. The number of hydrogen-bond acceptors (Lipinski definition) is 5. The normalized spacial score (nSPS) is 17.9. The number of ketones is 1. The van der Waals surface area contributed by atoms with Gasteiger partial charge in [0, 0.05) is 23.2 Å². The van der Waals surface area contributed by atoms with E-state index in [0.717, 1.165) is 17.3 Å². The fourth-order valence-corrected chi connectivity index (χ4v) is 4.43. The van der Waals surface area contributed by atoms with Gasteiger partial charge in [-0.1, -0.05) is 26.8 Å². The van der Waals surface area contributed by atoms with Gasteiger partial charge in [0.25, 0.3) is 5.91 Å². The summed E-state index contributed by atoms with van der Waals surface area (Å²) in [5, 5.41) is 6.22. The lowest BCUT2D eigenvalue weighted by Gasteiger charge is -2.28. The molecule has 1 fully saturated rings. The highest BCUT2D eigenvalue weighted by atomic mass is 16.5. The van der Waals surface area contributed by atoms with Crippen LogP contribution in [0.4, 0.5) is 0 Å². The summed E-state index contributed by atoms with van der Waals surface area (Å²) in [6, 6.07) is 5.24. The average molecular weight is 471 g/mol. The third-order valence-corrected chi connectivity index (χ3v) is 6.14. The second-order valence-electron chi connectivity index (χ2n) is 10.2. The zero-order valence-corrected chi connectivity index (χ0v) is 20.2. The number of carbonyl (C=O) groups excluding carboxylic acids is 4. The number of aromatic amines is 1. The minimum Gasteiger partial charge on any atom is -0.496 e. The molecule has 0 unspecified atom stereocenters. The van der Waals surface area contributed by atoms with Crippen LogP contribution in [0, 0.1) is 11.3 Å². The third kappa shape index (κ3) is 6.15. The summed E-state index contributed by atoms with van der Waals surface area (Å²) in [4.78, 5) is 53.4. The van der Waals surface area contributed by atoms with Crippen molar-refractivity contribution in [2.24, 2.45) is 17.1 Å². The average Bonchev–Trinajstić information content (AvgIpc) is 3.37. The molecule has 1 aliphatic rings. The van der Waals surface area contributed by atoms with E-state index >= 15 is 0 Å². The van der Waals surface area contributed by atoms with E-state index in [1.165, 1.54) is 0 Å². The van der Waals surface area contributed by atoms with Crippen molar-refractivity contribution in [3.63, 3.8) is 0 Å². The first kappa shape index (κ1) is 25.3. The van der Waals surface area contributed by atoms with E-state index < -0.39 is 29.8 Å². The van der Waals surface area contributed by atoms with E-state index in [9.17, 15) is 19.2 Å². The number of nitrogens with one attached hydrogen (secondary N) is 3. The Morgan fingerprint density at radius 2 is 1.94 bits per heavy atom. The van der Waals surface area contributed by atoms with Crippen molar-refractivity contribution in [3.8, 4) is 5.75 Å². The number of hydrogen-bond donors (Lipinski definition) is 4. The molecule has 34 heavy (non-hydrogen) atoms. The first-order valence-corrected chi connectivity index (χ1v) is 11.6. The molecule has 1 heterocycles. The van der Waals surface area contributed by atoms with Crippen LogP contribution in [0.3, 0.4) is 0 Å². The number of carbonyl (C=O) groups is 4. The molecule has 0 saturated heterocycles. The van der Waals surface area contributed by atoms with Crippen molar-refractivity contribution in [3.05, 3.63) is 30.0 Å². The first-order chi connectivity index (χ1) is 16.0. The number of methoxy groups -OCH3 is 1. The SMILES string of the molecule is COc1cccc2[nH]c(C(=O)N[C@@H](CC(C)(C)C)C(=O)N[C@@H](C[C@@H]3CCCC3=O)C(N)=O)cc12. The number of nitrogens with two attached hydrogens (primary N) is 1. The number of primary amides is 1. The number of Topliss-reactive ketones (excluding diaryl/α,β-unsaturated/α-hetero) is 1. The highest BCUT2D eigenvalue weighted by Crippen LogP contribution is 2.27. The van der Waals surface area contributed by atoms with Crippen LogP contribution >= 0.6 is 0 Å². The van der Waals surface area contributed by atoms with Gasteiger partial charge >= 0.3 is 0 Å². The van der Waals surface area contributed by atoms with Crippen LogP contribution in [0.5, 0.6) is 5.75 Å². The third-order valence-electron chi connectivity index (χ3n) is 6.14. The van der Waals surface area contributed by atoms with Gasteiger partial charge in [-0.15, -0.1) is 0 Å². The van der Waals surface area contributed by atoms with Crippen molar-refractivity contribution in [2.75, 3.05) is 7.11 Å². The Balaban J connectivity index is 1.77. The summed E-state index contributed by atoms with van der Waals surface area (Å²) in [6.45, 7) is 5.86. The van der Waals surface area contributed by atoms with Gasteiger partial charge in [-0.25, -0.2) is 0 Å². The molecule has 2 aromatic rings. The maximum atomic E-state index is 13.2. The van der Waals surface area contributed by atoms with Crippen molar-refractivity contribution < 1.29 is 23.9 Å². The maximum absolute atomic E-state index is 13.2. The van der Waals surface area contributed by atoms with Gasteiger partial charge in [0.15, 0.2) is 0 Å². The van der Waals surface area contributed by atoms with Gasteiger partial charge in [-0.05, 0) is 49.3 Å². The summed E-state index contributed by atoms with van der Waals surface area (Å²) < 4.78 is 5.35. The molecule has 1 aliphatic carbocycles. The van der Waals surface area contributed by atoms with Gasteiger partial charge in [0.1, 0.15) is 29.3 Å². The van der Waals surface area contributed by atoms with Crippen molar-refractivity contribution in [1.82, 2.24) is 15.6 Å². The Hall–Kier alpha value is -3.36. The summed E-state index contributed by atoms with van der Waals surface area (Å²) in [5.74, 6) is -1.22. The molecular formula is C25H34N4O5. The second-order valence-corrected chi connectivity index (χ2v) is 10.2. The first-order valence-electron chi connectivity index (χ1n) is 11.6. The topological polar surface area (TPSA) is 143 Å². The Kier molecular flexibility index (Phi) is 7.64. The van der Waals surface area contributed by atoms with Crippen LogP contribution in [0.1, 0.15) is 63.4 Å². The molecule has 3 amide bonds. The molecule has 3 rings (SSSR count). The molecule has 0 aliphatic heterocycles. The number of amides is 3. The Bertz CT molecular complexity index is 1080. The van der Waals surface area contributed by atoms with Gasteiger partial charge in [0.2, 0.25) is 11.8 Å². The number of benzene rings is 1. The zero-order chi connectivity index (χ0) is 25.0. The van der Waals surface area contributed by atoms with E-state index in [-0.39, 0.29) is 29.2 Å². The molecular weight excluding hydrogens is 436 g/mol. The number of ether oxygens (including phenoxy) is 1. The smallest absolute Gasteiger partial charge is 0.268 e. The highest BCUT2D eigenvalue weighted by molar-refractivity contribution is 6.01. The summed E-state index contributed by atoms with van der Waals surface area (Å²) in [7, 11) is 1.56. The maximum Gasteiger partial charge on any atom is 0.268 e. The molecule has 9 nitrogen and oxygen atoms in total. The summed E-state index contributed by atoms with van der Waals surface area (Å²) in [5.41, 5.74) is 6.26. The molecule has 1 aromatic carbocycles. The predicted molar refractivity (Wildman–Crippen MR) is 128 cm³/mol. The van der Waals surface area contributed by atoms with Crippen molar-refractivity contribution in [2.45, 2.75) is 65.0 Å². The number of fused-ring (bicyclic) bond motifs is 1. The fourth-order valence-electron chi connectivity index (χ4n) is 4.43. The van der Waals surface area contributed by atoms with Crippen LogP contribution in [-0.2, 0) is 14.4 Å². The monoisotopic (exact) mass is 470 g/mol. The molecule has 0 spiro atoms. The van der Waals surface area contributed by atoms with Gasteiger partial charge in [-0.2, -0.15) is 0 Å². The molecule has 9 heteroatoms. The summed E-state index contributed by atoms with van der Waals surface area (Å²) >= 11 is 0. The van der Waals surface area contributed by atoms with E-state index in [0.29, 0.717) is 25.0 Å².